The number of anilines is 2. The van der Waals surface area contributed by atoms with Crippen molar-refractivity contribution in [1.82, 2.24) is 0 Å². The van der Waals surface area contributed by atoms with Crippen LogP contribution in [0.1, 0.15) is 18.7 Å². The van der Waals surface area contributed by atoms with Gasteiger partial charge in [0.05, 0.1) is 10.6 Å². The molecule has 0 bridgehead atoms. The van der Waals surface area contributed by atoms with Gasteiger partial charge in [0.25, 0.3) is 5.69 Å². The van der Waals surface area contributed by atoms with E-state index in [2.05, 4.69) is 5.10 Å². The third-order valence-corrected chi connectivity index (χ3v) is 4.68. The number of carbonyl (C=O) groups is 1. The van der Waals surface area contributed by atoms with E-state index < -0.39 is 11.1 Å². The normalized spacial score (nSPS) is 15.9. The lowest BCUT2D eigenvalue weighted by Gasteiger charge is -2.32. The van der Waals surface area contributed by atoms with Crippen molar-refractivity contribution in [3.05, 3.63) is 101 Å². The molecule has 29 heavy (non-hydrogen) atoms. The average molecular weight is 386 g/mol. The highest BCUT2D eigenvalue weighted by Crippen LogP contribution is 2.39. The molecule has 0 amide bonds. The number of ketones is 1. The van der Waals surface area contributed by atoms with E-state index in [-0.39, 0.29) is 11.5 Å². The highest BCUT2D eigenvalue weighted by Gasteiger charge is 2.39. The van der Waals surface area contributed by atoms with Crippen LogP contribution >= 0.6 is 0 Å². The van der Waals surface area contributed by atoms with Gasteiger partial charge in [-0.2, -0.15) is 0 Å². The number of benzene rings is 3. The molecule has 1 atom stereocenters. The van der Waals surface area contributed by atoms with Crippen LogP contribution in [0.5, 0.6) is 0 Å². The summed E-state index contributed by atoms with van der Waals surface area (Å²) in [6.07, 6.45) is -0.459. The summed E-state index contributed by atoms with van der Waals surface area (Å²) in [7, 11) is 0. The summed E-state index contributed by atoms with van der Waals surface area (Å²) >= 11 is 0. The summed E-state index contributed by atoms with van der Waals surface area (Å²) < 4.78 is 0. The average Bonchev–Trinajstić information content (AvgIpc) is 3.16. The summed E-state index contributed by atoms with van der Waals surface area (Å²) in [5.74, 6) is 0.141. The van der Waals surface area contributed by atoms with Crippen molar-refractivity contribution in [2.24, 2.45) is 5.10 Å². The van der Waals surface area contributed by atoms with Crippen LogP contribution in [0.3, 0.4) is 0 Å². The molecule has 1 heterocycles. The monoisotopic (exact) mass is 386 g/mol. The van der Waals surface area contributed by atoms with Crippen LogP contribution < -0.4 is 9.91 Å². The number of nitro groups is 1. The first-order valence-electron chi connectivity index (χ1n) is 9.09. The van der Waals surface area contributed by atoms with Gasteiger partial charge < -0.3 is 0 Å². The van der Waals surface area contributed by atoms with Crippen molar-refractivity contribution in [3.8, 4) is 0 Å². The number of nitro benzene ring substituents is 1. The largest absolute Gasteiger partial charge is 0.295 e. The minimum atomic E-state index is -0.459. The highest BCUT2D eigenvalue weighted by molar-refractivity contribution is 6.44. The molecule has 7 heteroatoms. The Morgan fingerprint density at radius 1 is 0.897 bits per heavy atom. The van der Waals surface area contributed by atoms with Gasteiger partial charge in [-0.3, -0.25) is 19.8 Å². The number of non-ortho nitro benzene ring substituents is 1. The first kappa shape index (κ1) is 18.4. The lowest BCUT2D eigenvalue weighted by atomic mass is 10.1. The molecule has 144 valence electrons. The predicted octanol–water partition coefficient (Wildman–Crippen LogP) is 4.52. The Kier molecular flexibility index (Phi) is 4.78. The van der Waals surface area contributed by atoms with E-state index in [1.54, 1.807) is 17.1 Å². The zero-order chi connectivity index (χ0) is 20.4. The Balaban J connectivity index is 1.87. The molecule has 1 aliphatic heterocycles. The Hall–Kier alpha value is -4.00. The number of hydrazone groups is 1. The van der Waals surface area contributed by atoms with E-state index in [9.17, 15) is 14.9 Å². The lowest BCUT2D eigenvalue weighted by molar-refractivity contribution is -0.384. The summed E-state index contributed by atoms with van der Waals surface area (Å²) in [5.41, 5.74) is 2.41. The second kappa shape index (κ2) is 7.55. The highest BCUT2D eigenvalue weighted by atomic mass is 16.6. The molecule has 0 saturated heterocycles. The standard InChI is InChI=1S/C22H18N4O3/c1-16(27)21-23-25(19-10-6-3-7-11-19)22(24(21)18-8-4-2-5-9-18)17-12-14-20(15-13-17)26(28)29/h2-15,22H,1H3/t22-/m1/s1. The molecule has 0 radical (unpaired) electrons. The third-order valence-electron chi connectivity index (χ3n) is 4.68. The zero-order valence-electron chi connectivity index (χ0n) is 15.7. The number of Topliss-reactive ketones (excluding diaryl/α,β-unsaturated/α-hetero) is 1. The molecule has 0 fully saturated rings. The Morgan fingerprint density at radius 2 is 1.45 bits per heavy atom. The maximum Gasteiger partial charge on any atom is 0.269 e. The number of hydrogen-bond acceptors (Lipinski definition) is 6. The van der Waals surface area contributed by atoms with E-state index >= 15 is 0 Å². The first-order valence-corrected chi connectivity index (χ1v) is 9.09. The summed E-state index contributed by atoms with van der Waals surface area (Å²) in [6.45, 7) is 1.48. The van der Waals surface area contributed by atoms with Crippen LogP contribution in [-0.2, 0) is 4.79 Å². The lowest BCUT2D eigenvalue weighted by Crippen LogP contribution is -2.37. The van der Waals surface area contributed by atoms with Gasteiger partial charge in [-0.1, -0.05) is 36.4 Å². The van der Waals surface area contributed by atoms with Crippen molar-refractivity contribution in [1.29, 1.82) is 0 Å². The van der Waals surface area contributed by atoms with Crippen LogP contribution in [-0.4, -0.2) is 16.5 Å². The van der Waals surface area contributed by atoms with Crippen molar-refractivity contribution < 1.29 is 9.72 Å². The summed E-state index contributed by atoms with van der Waals surface area (Å²) in [5, 5.41) is 17.5. The molecule has 0 unspecified atom stereocenters. The minimum Gasteiger partial charge on any atom is -0.295 e. The minimum absolute atomic E-state index is 0.0111. The van der Waals surface area contributed by atoms with Gasteiger partial charge in [-0.25, -0.2) is 5.01 Å². The van der Waals surface area contributed by atoms with Gasteiger partial charge in [0.1, 0.15) is 0 Å². The van der Waals surface area contributed by atoms with Crippen LogP contribution in [0.2, 0.25) is 0 Å². The van der Waals surface area contributed by atoms with E-state index in [4.69, 9.17) is 0 Å². The fraction of sp³-hybridized carbons (Fsp3) is 0.0909. The maximum absolute atomic E-state index is 12.4. The Morgan fingerprint density at radius 3 is 1.97 bits per heavy atom. The maximum atomic E-state index is 12.4. The van der Waals surface area contributed by atoms with E-state index in [1.165, 1.54) is 19.1 Å². The smallest absolute Gasteiger partial charge is 0.269 e. The summed E-state index contributed by atoms with van der Waals surface area (Å²) in [6, 6.07) is 25.4. The van der Waals surface area contributed by atoms with Crippen molar-refractivity contribution >= 4 is 28.7 Å². The van der Waals surface area contributed by atoms with Crippen LogP contribution in [0, 0.1) is 10.1 Å². The van der Waals surface area contributed by atoms with Gasteiger partial charge in [0, 0.05) is 24.7 Å². The predicted molar refractivity (Wildman–Crippen MR) is 112 cm³/mol. The molecule has 4 rings (SSSR count). The summed E-state index contributed by atoms with van der Waals surface area (Å²) in [4.78, 5) is 24.9. The third kappa shape index (κ3) is 3.45. The first-order chi connectivity index (χ1) is 14.1. The second-order valence-corrected chi connectivity index (χ2v) is 6.59. The van der Waals surface area contributed by atoms with Gasteiger partial charge in [-0.15, -0.1) is 5.10 Å². The number of rotatable bonds is 5. The molecule has 1 aliphatic rings. The second-order valence-electron chi connectivity index (χ2n) is 6.59. The molecule has 7 nitrogen and oxygen atoms in total. The van der Waals surface area contributed by atoms with Gasteiger partial charge >= 0.3 is 0 Å². The fourth-order valence-corrected chi connectivity index (χ4v) is 3.36. The van der Waals surface area contributed by atoms with Crippen molar-refractivity contribution in [2.45, 2.75) is 13.1 Å². The van der Waals surface area contributed by atoms with E-state index in [0.29, 0.717) is 5.84 Å². The molecule has 0 aromatic heterocycles. The van der Waals surface area contributed by atoms with E-state index in [1.807, 2.05) is 65.6 Å². The zero-order valence-corrected chi connectivity index (χ0v) is 15.7. The fourth-order valence-electron chi connectivity index (χ4n) is 3.36. The van der Waals surface area contributed by atoms with Crippen LogP contribution in [0.15, 0.2) is 90.0 Å². The number of hydrogen-bond donors (Lipinski definition) is 0. The SMILES string of the molecule is CC(=O)C1=NN(c2ccccc2)[C@H](c2ccc([N+](=O)[O-])cc2)N1c1ccccc1. The molecule has 3 aromatic rings. The molecular formula is C22H18N4O3. The van der Waals surface area contributed by atoms with Gasteiger partial charge in [-0.05, 0) is 42.0 Å². The number of amidine groups is 1. The molecule has 3 aromatic carbocycles. The van der Waals surface area contributed by atoms with E-state index in [0.717, 1.165) is 16.9 Å². The van der Waals surface area contributed by atoms with Crippen LogP contribution in [0.25, 0.3) is 0 Å². The molecule has 0 saturated carbocycles. The Labute approximate surface area is 167 Å². The molecular weight excluding hydrogens is 368 g/mol. The topological polar surface area (TPSA) is 79.0 Å². The Bertz CT molecular complexity index is 1070. The van der Waals surface area contributed by atoms with Crippen molar-refractivity contribution in [3.63, 3.8) is 0 Å². The van der Waals surface area contributed by atoms with Gasteiger partial charge in [0.15, 0.2) is 17.8 Å². The quantitative estimate of drug-likeness (QED) is 0.476. The number of para-hydroxylation sites is 2. The number of nitrogens with zero attached hydrogens (tertiary/aromatic N) is 4. The molecule has 0 N–H and O–H groups in total. The molecule has 0 aliphatic carbocycles. The molecule has 0 spiro atoms. The number of carbonyl (C=O) groups excluding carboxylic acids is 1. The van der Waals surface area contributed by atoms with Crippen LogP contribution in [0.4, 0.5) is 17.1 Å². The van der Waals surface area contributed by atoms with Crippen molar-refractivity contribution in [2.75, 3.05) is 9.91 Å². The van der Waals surface area contributed by atoms with Gasteiger partial charge in [0.2, 0.25) is 0 Å².